The first-order valence-electron chi connectivity index (χ1n) is 6.31. The summed E-state index contributed by atoms with van der Waals surface area (Å²) in [7, 11) is -6.07. The molecule has 106 valence electrons. The molecule has 0 radical (unpaired) electrons. The molecule has 0 heterocycles. The second-order valence-electron chi connectivity index (χ2n) is 5.24. The fourth-order valence-corrected chi connectivity index (χ4v) is 5.74. The Bertz CT molecular complexity index is 507. The van der Waals surface area contributed by atoms with Crippen LogP contribution in [0, 0.1) is 4.78 Å². The van der Waals surface area contributed by atoms with Gasteiger partial charge in [-0.1, -0.05) is 26.3 Å². The van der Waals surface area contributed by atoms with E-state index in [-0.39, 0.29) is 5.75 Å². The average Bonchev–Trinajstić information content (AvgIpc) is 2.53. The van der Waals surface area contributed by atoms with E-state index in [1.807, 2.05) is 6.92 Å². The second kappa shape index (κ2) is 5.33. The minimum atomic E-state index is -3.33. The molecule has 1 fully saturated rings. The molecule has 18 heavy (non-hydrogen) atoms. The molecule has 1 saturated carbocycles. The van der Waals surface area contributed by atoms with Crippen LogP contribution in [-0.2, 0) is 19.6 Å². The van der Waals surface area contributed by atoms with Gasteiger partial charge in [0.25, 0.3) is 0 Å². The average molecular weight is 293 g/mol. The summed E-state index contributed by atoms with van der Waals surface area (Å²) < 4.78 is 43.6. The van der Waals surface area contributed by atoms with Crippen LogP contribution in [0.4, 0.5) is 0 Å². The Kier molecular flexibility index (Phi) is 4.65. The summed E-state index contributed by atoms with van der Waals surface area (Å²) in [5.74, 6) is 0.282. The molecule has 3 atom stereocenters. The van der Waals surface area contributed by atoms with Gasteiger partial charge in [0.15, 0.2) is 9.84 Å². The highest BCUT2D eigenvalue weighted by Gasteiger charge is 2.41. The second-order valence-corrected chi connectivity index (χ2v) is 10.3. The Morgan fingerprint density at radius 1 is 1.39 bits per heavy atom. The fourth-order valence-electron chi connectivity index (χ4n) is 2.62. The molecule has 1 aliphatic carbocycles. The molecule has 4 nitrogen and oxygen atoms in total. The van der Waals surface area contributed by atoms with Crippen molar-refractivity contribution in [2.24, 2.45) is 0 Å². The van der Waals surface area contributed by atoms with Gasteiger partial charge in [-0.15, -0.1) is 0 Å². The number of nitrogens with one attached hydrogen (secondary N) is 1. The molecule has 1 aliphatic rings. The molecule has 3 unspecified atom stereocenters. The third-order valence-electron chi connectivity index (χ3n) is 4.04. The lowest BCUT2D eigenvalue weighted by Crippen LogP contribution is -2.39. The van der Waals surface area contributed by atoms with Crippen LogP contribution in [0.5, 0.6) is 0 Å². The third kappa shape index (κ3) is 2.96. The van der Waals surface area contributed by atoms with Crippen LogP contribution in [-0.4, -0.2) is 28.4 Å². The van der Waals surface area contributed by atoms with Crippen molar-refractivity contribution in [1.82, 2.24) is 0 Å². The minimum Gasteiger partial charge on any atom is -0.252 e. The van der Waals surface area contributed by atoms with Gasteiger partial charge in [0.05, 0.1) is 10.00 Å². The first kappa shape index (κ1) is 15.7. The SMILES string of the molecule is C=CS(=O)(=O)C1CCCCC(C)(S(=N)(=O)CC)C1. The van der Waals surface area contributed by atoms with Crippen molar-refractivity contribution >= 4 is 19.6 Å². The zero-order chi connectivity index (χ0) is 14.0. The van der Waals surface area contributed by atoms with Crippen LogP contribution in [0.1, 0.15) is 46.0 Å². The van der Waals surface area contributed by atoms with Crippen LogP contribution in [0.25, 0.3) is 0 Å². The molecule has 0 saturated heterocycles. The van der Waals surface area contributed by atoms with Crippen LogP contribution in [0.3, 0.4) is 0 Å². The van der Waals surface area contributed by atoms with Crippen LogP contribution < -0.4 is 0 Å². The summed E-state index contributed by atoms with van der Waals surface area (Å²) in [6, 6.07) is 0. The van der Waals surface area contributed by atoms with Crippen LogP contribution in [0.15, 0.2) is 12.0 Å². The molecular formula is C12H23NO3S2. The number of hydrogen-bond acceptors (Lipinski definition) is 4. The van der Waals surface area contributed by atoms with E-state index in [0.29, 0.717) is 19.3 Å². The monoisotopic (exact) mass is 293 g/mol. The van der Waals surface area contributed by atoms with E-state index >= 15 is 0 Å². The minimum absolute atomic E-state index is 0.282. The molecule has 0 aromatic rings. The standard InChI is InChI=1S/C12H23NO3S2/c1-4-17(14,15)11-8-6-7-9-12(3,10-11)18(13,16)5-2/h4,11,13H,1,5-10H2,2-3H3. The van der Waals surface area contributed by atoms with Crippen LogP contribution >= 0.6 is 0 Å². The van der Waals surface area contributed by atoms with Crippen molar-refractivity contribution in [2.45, 2.75) is 55.9 Å². The van der Waals surface area contributed by atoms with Gasteiger partial charge < -0.3 is 0 Å². The van der Waals surface area contributed by atoms with Crippen molar-refractivity contribution < 1.29 is 12.6 Å². The van der Waals surface area contributed by atoms with E-state index in [0.717, 1.165) is 18.2 Å². The molecule has 0 aromatic heterocycles. The molecule has 1 N–H and O–H groups in total. The van der Waals surface area contributed by atoms with Crippen molar-refractivity contribution in [3.05, 3.63) is 12.0 Å². The van der Waals surface area contributed by atoms with Gasteiger partial charge >= 0.3 is 0 Å². The topological polar surface area (TPSA) is 75.1 Å². The number of hydrogen-bond donors (Lipinski definition) is 1. The largest absolute Gasteiger partial charge is 0.252 e. The zero-order valence-electron chi connectivity index (χ0n) is 11.1. The lowest BCUT2D eigenvalue weighted by molar-refractivity contribution is 0.511. The Labute approximate surface area is 111 Å². The molecule has 0 amide bonds. The molecule has 0 aliphatic heterocycles. The lowest BCUT2D eigenvalue weighted by Gasteiger charge is -2.32. The van der Waals surface area contributed by atoms with E-state index in [1.165, 1.54) is 0 Å². The highest BCUT2D eigenvalue weighted by atomic mass is 32.2. The van der Waals surface area contributed by atoms with E-state index in [1.54, 1.807) is 6.92 Å². The van der Waals surface area contributed by atoms with Gasteiger partial charge in [0.2, 0.25) is 0 Å². The predicted octanol–water partition coefficient (Wildman–Crippen LogP) is 2.70. The molecule has 1 rings (SSSR count). The first-order valence-corrected chi connectivity index (χ1v) is 9.64. The van der Waals surface area contributed by atoms with Crippen molar-refractivity contribution in [3.63, 3.8) is 0 Å². The molecule has 0 aromatic carbocycles. The Balaban J connectivity index is 3.14. The number of sulfone groups is 1. The molecule has 6 heteroatoms. The van der Waals surface area contributed by atoms with E-state index in [9.17, 15) is 12.6 Å². The van der Waals surface area contributed by atoms with E-state index < -0.39 is 29.6 Å². The van der Waals surface area contributed by atoms with Crippen molar-refractivity contribution in [2.75, 3.05) is 5.75 Å². The molecular weight excluding hydrogens is 270 g/mol. The highest BCUT2D eigenvalue weighted by molar-refractivity contribution is 7.95. The van der Waals surface area contributed by atoms with Gasteiger partial charge in [-0.3, -0.25) is 4.78 Å². The first-order chi connectivity index (χ1) is 8.18. The summed E-state index contributed by atoms with van der Waals surface area (Å²) in [6.07, 6.45) is 3.23. The number of rotatable bonds is 4. The summed E-state index contributed by atoms with van der Waals surface area (Å²) in [4.78, 5) is 0. The summed E-state index contributed by atoms with van der Waals surface area (Å²) in [6.45, 7) is 6.91. The Morgan fingerprint density at radius 2 is 2.00 bits per heavy atom. The van der Waals surface area contributed by atoms with Gasteiger partial charge in [0.1, 0.15) is 0 Å². The van der Waals surface area contributed by atoms with Gasteiger partial charge in [-0.25, -0.2) is 12.6 Å². The van der Waals surface area contributed by atoms with Crippen molar-refractivity contribution in [1.29, 1.82) is 4.78 Å². The predicted molar refractivity (Wildman–Crippen MR) is 75.8 cm³/mol. The Morgan fingerprint density at radius 3 is 2.50 bits per heavy atom. The molecule has 0 bridgehead atoms. The summed E-state index contributed by atoms with van der Waals surface area (Å²) >= 11 is 0. The summed E-state index contributed by atoms with van der Waals surface area (Å²) in [5, 5.41) is 0.474. The smallest absolute Gasteiger partial charge is 0.173 e. The lowest BCUT2D eigenvalue weighted by atomic mass is 10.0. The van der Waals surface area contributed by atoms with Gasteiger partial charge in [-0.2, -0.15) is 0 Å². The zero-order valence-corrected chi connectivity index (χ0v) is 12.8. The van der Waals surface area contributed by atoms with Gasteiger partial charge in [0, 0.05) is 20.9 Å². The maximum atomic E-state index is 12.4. The van der Waals surface area contributed by atoms with E-state index in [4.69, 9.17) is 4.78 Å². The highest BCUT2D eigenvalue weighted by Crippen LogP contribution is 2.37. The third-order valence-corrected chi connectivity index (χ3v) is 8.61. The summed E-state index contributed by atoms with van der Waals surface area (Å²) in [5.41, 5.74) is 0. The van der Waals surface area contributed by atoms with Crippen LogP contribution in [0.2, 0.25) is 0 Å². The molecule has 0 spiro atoms. The quantitative estimate of drug-likeness (QED) is 0.810. The van der Waals surface area contributed by atoms with Gasteiger partial charge in [-0.05, 0) is 26.2 Å². The fraction of sp³-hybridized carbons (Fsp3) is 0.833. The maximum Gasteiger partial charge on any atom is 0.173 e. The maximum absolute atomic E-state index is 12.4. The van der Waals surface area contributed by atoms with E-state index in [2.05, 4.69) is 6.58 Å². The normalized spacial score (nSPS) is 33.3. The van der Waals surface area contributed by atoms with Crippen molar-refractivity contribution in [3.8, 4) is 0 Å². The Hall–Kier alpha value is -0.360.